The molecule has 0 aliphatic carbocycles. The van der Waals surface area contributed by atoms with E-state index in [9.17, 15) is 9.18 Å². The van der Waals surface area contributed by atoms with E-state index >= 15 is 0 Å². The largest absolute Gasteiger partial charge is 0.465 e. The van der Waals surface area contributed by atoms with E-state index in [-0.39, 0.29) is 17.8 Å². The van der Waals surface area contributed by atoms with Gasteiger partial charge in [-0.1, -0.05) is 6.07 Å². The van der Waals surface area contributed by atoms with Crippen LogP contribution in [0, 0.1) is 26.6 Å². The van der Waals surface area contributed by atoms with Crippen molar-refractivity contribution in [3.63, 3.8) is 0 Å². The zero-order valence-corrected chi connectivity index (χ0v) is 16.2. The number of carbonyl (C=O) groups excluding carboxylic acids is 1. The lowest BCUT2D eigenvalue weighted by atomic mass is 10.1. The predicted molar refractivity (Wildman–Crippen MR) is 101 cm³/mol. The monoisotopic (exact) mass is 374 g/mol. The van der Waals surface area contributed by atoms with Crippen LogP contribution in [0.4, 0.5) is 4.39 Å². The fraction of sp³-hybridized carbons (Fsp3) is 0.476. The number of benzene rings is 1. The number of ether oxygens (including phenoxy) is 1. The first-order valence-corrected chi connectivity index (χ1v) is 9.32. The topological polar surface area (TPSA) is 54.7 Å². The Balaban J connectivity index is 1.56. The van der Waals surface area contributed by atoms with Crippen LogP contribution in [0.1, 0.15) is 34.6 Å². The van der Waals surface area contributed by atoms with Crippen LogP contribution < -0.4 is 5.32 Å². The highest BCUT2D eigenvalue weighted by Gasteiger charge is 2.26. The van der Waals surface area contributed by atoms with E-state index in [0.29, 0.717) is 32.7 Å². The maximum absolute atomic E-state index is 13.4. The van der Waals surface area contributed by atoms with Gasteiger partial charge in [0, 0.05) is 25.6 Å². The maximum Gasteiger partial charge on any atom is 0.221 e. The van der Waals surface area contributed by atoms with Gasteiger partial charge < -0.3 is 14.5 Å². The Morgan fingerprint density at radius 3 is 2.81 bits per heavy atom. The van der Waals surface area contributed by atoms with Crippen LogP contribution >= 0.6 is 0 Å². The summed E-state index contributed by atoms with van der Waals surface area (Å²) < 4.78 is 24.7. The molecule has 146 valence electrons. The van der Waals surface area contributed by atoms with Crippen LogP contribution in [0.5, 0.6) is 0 Å². The van der Waals surface area contributed by atoms with E-state index in [4.69, 9.17) is 9.15 Å². The molecule has 5 nitrogen and oxygen atoms in total. The van der Waals surface area contributed by atoms with Crippen molar-refractivity contribution in [1.82, 2.24) is 10.2 Å². The first kappa shape index (κ1) is 19.6. The number of hydrogen-bond acceptors (Lipinski definition) is 4. The quantitative estimate of drug-likeness (QED) is 0.843. The minimum absolute atomic E-state index is 0.00179. The summed E-state index contributed by atoms with van der Waals surface area (Å²) in [7, 11) is 0. The number of rotatable bonds is 6. The maximum atomic E-state index is 13.4. The van der Waals surface area contributed by atoms with Crippen molar-refractivity contribution < 1.29 is 18.3 Å². The summed E-state index contributed by atoms with van der Waals surface area (Å²) in [6.45, 7) is 8.82. The van der Waals surface area contributed by atoms with Crippen LogP contribution in [0.3, 0.4) is 0 Å². The second-order valence-corrected chi connectivity index (χ2v) is 7.20. The Bertz CT molecular complexity index is 783. The lowest BCUT2D eigenvalue weighted by molar-refractivity contribution is -0.124. The first-order chi connectivity index (χ1) is 12.9. The summed E-state index contributed by atoms with van der Waals surface area (Å²) in [6, 6.07) is 6.66. The van der Waals surface area contributed by atoms with Crippen LogP contribution in [-0.2, 0) is 22.6 Å². The molecule has 1 aliphatic rings. The molecule has 1 fully saturated rings. The zero-order chi connectivity index (χ0) is 19.4. The Hall–Kier alpha value is -2.18. The van der Waals surface area contributed by atoms with Crippen molar-refractivity contribution in [1.29, 1.82) is 0 Å². The number of morpholine rings is 1. The minimum Gasteiger partial charge on any atom is -0.465 e. The summed E-state index contributed by atoms with van der Waals surface area (Å²) in [6.07, 6.45) is 0.340. The third kappa shape index (κ3) is 5.17. The number of amides is 1. The first-order valence-electron chi connectivity index (χ1n) is 9.32. The van der Waals surface area contributed by atoms with Crippen LogP contribution in [0.25, 0.3) is 0 Å². The molecule has 2 aromatic rings. The Labute approximate surface area is 159 Å². The van der Waals surface area contributed by atoms with Crippen molar-refractivity contribution in [2.45, 2.75) is 46.3 Å². The number of nitrogens with zero attached hydrogens (tertiary/aromatic N) is 1. The number of furan rings is 1. The fourth-order valence-corrected chi connectivity index (χ4v) is 3.32. The molecule has 0 bridgehead atoms. The Kier molecular flexibility index (Phi) is 6.29. The van der Waals surface area contributed by atoms with Gasteiger partial charge in [0.25, 0.3) is 0 Å². The number of hydrogen-bond donors (Lipinski definition) is 1. The van der Waals surface area contributed by atoms with Crippen molar-refractivity contribution in [3.8, 4) is 0 Å². The molecule has 0 saturated carbocycles. The van der Waals surface area contributed by atoms with Gasteiger partial charge in [0.1, 0.15) is 17.3 Å². The molecule has 6 heteroatoms. The number of aryl methyl sites for hydroxylation is 3. The highest BCUT2D eigenvalue weighted by molar-refractivity contribution is 5.76. The molecule has 1 saturated heterocycles. The van der Waals surface area contributed by atoms with E-state index in [1.54, 1.807) is 6.07 Å². The molecule has 3 rings (SSSR count). The normalized spacial score (nSPS) is 17.9. The van der Waals surface area contributed by atoms with Gasteiger partial charge in [0.15, 0.2) is 0 Å². The Morgan fingerprint density at radius 1 is 1.26 bits per heavy atom. The highest BCUT2D eigenvalue weighted by atomic mass is 19.1. The molecule has 27 heavy (non-hydrogen) atoms. The summed E-state index contributed by atoms with van der Waals surface area (Å²) in [5.74, 6) is 1.48. The average molecular weight is 374 g/mol. The van der Waals surface area contributed by atoms with Crippen molar-refractivity contribution in [2.75, 3.05) is 19.8 Å². The third-order valence-corrected chi connectivity index (χ3v) is 5.13. The van der Waals surface area contributed by atoms with Gasteiger partial charge in [-0.25, -0.2) is 4.39 Å². The highest BCUT2D eigenvalue weighted by Crippen LogP contribution is 2.19. The molecular formula is C21H27FN2O3. The fourth-order valence-electron chi connectivity index (χ4n) is 3.32. The minimum atomic E-state index is -0.291. The van der Waals surface area contributed by atoms with Gasteiger partial charge in [0.05, 0.1) is 19.8 Å². The van der Waals surface area contributed by atoms with Crippen LogP contribution in [-0.4, -0.2) is 36.6 Å². The second-order valence-electron chi connectivity index (χ2n) is 7.20. The number of halogens is 1. The average Bonchev–Trinajstić information content (AvgIpc) is 2.95. The van der Waals surface area contributed by atoms with Crippen molar-refractivity contribution in [2.24, 2.45) is 0 Å². The molecule has 0 radical (unpaired) electrons. The second kappa shape index (κ2) is 8.67. The molecule has 1 aromatic carbocycles. The van der Waals surface area contributed by atoms with Gasteiger partial charge >= 0.3 is 0 Å². The van der Waals surface area contributed by atoms with E-state index in [1.165, 1.54) is 12.1 Å². The summed E-state index contributed by atoms with van der Waals surface area (Å²) in [4.78, 5) is 14.7. The zero-order valence-electron chi connectivity index (χ0n) is 16.2. The summed E-state index contributed by atoms with van der Waals surface area (Å²) >= 11 is 0. The molecule has 2 heterocycles. The lowest BCUT2D eigenvalue weighted by Gasteiger charge is -2.34. The van der Waals surface area contributed by atoms with E-state index in [2.05, 4.69) is 16.3 Å². The molecule has 1 amide bonds. The molecule has 0 spiro atoms. The SMILES string of the molecule is Cc1ccc(F)cc1CNC(=O)CC1COCCN1Cc1cc(C)c(C)o1. The summed E-state index contributed by atoms with van der Waals surface area (Å²) in [5, 5.41) is 2.90. The molecule has 1 N–H and O–H groups in total. The van der Waals surface area contributed by atoms with E-state index < -0.39 is 0 Å². The predicted octanol–water partition coefficient (Wildman–Crippen LogP) is 3.25. The molecule has 1 aromatic heterocycles. The smallest absolute Gasteiger partial charge is 0.221 e. The van der Waals surface area contributed by atoms with Gasteiger partial charge in [-0.05, 0) is 55.7 Å². The van der Waals surface area contributed by atoms with Gasteiger partial charge in [-0.15, -0.1) is 0 Å². The molecule has 1 unspecified atom stereocenters. The van der Waals surface area contributed by atoms with E-state index in [1.807, 2.05) is 20.8 Å². The third-order valence-electron chi connectivity index (χ3n) is 5.13. The molecule has 1 atom stereocenters. The Morgan fingerprint density at radius 2 is 2.07 bits per heavy atom. The molecule has 1 aliphatic heterocycles. The van der Waals surface area contributed by atoms with E-state index in [0.717, 1.165) is 34.8 Å². The van der Waals surface area contributed by atoms with Crippen LogP contribution in [0.15, 0.2) is 28.7 Å². The lowest BCUT2D eigenvalue weighted by Crippen LogP contribution is -2.47. The van der Waals surface area contributed by atoms with Crippen molar-refractivity contribution in [3.05, 3.63) is 58.3 Å². The summed E-state index contributed by atoms with van der Waals surface area (Å²) in [5.41, 5.74) is 2.89. The number of carbonyl (C=O) groups is 1. The standard InChI is InChI=1S/C21H27FN2O3/c1-14-4-5-18(22)9-17(14)11-23-21(25)10-19-13-26-7-6-24(19)12-20-8-15(2)16(3)27-20/h4-5,8-9,19H,6-7,10-13H2,1-3H3,(H,23,25). The van der Waals surface area contributed by atoms with Gasteiger partial charge in [-0.2, -0.15) is 0 Å². The molecular weight excluding hydrogens is 347 g/mol. The number of nitrogens with one attached hydrogen (secondary N) is 1. The van der Waals surface area contributed by atoms with Crippen LogP contribution in [0.2, 0.25) is 0 Å². The van der Waals surface area contributed by atoms with Crippen molar-refractivity contribution >= 4 is 5.91 Å². The van der Waals surface area contributed by atoms with Gasteiger partial charge in [-0.3, -0.25) is 9.69 Å². The van der Waals surface area contributed by atoms with Gasteiger partial charge in [0.2, 0.25) is 5.91 Å².